The molecule has 5 rings (SSSR count). The molecule has 7 nitrogen and oxygen atoms in total. The van der Waals surface area contributed by atoms with Gasteiger partial charge in [-0.15, -0.1) is 0 Å². The Morgan fingerprint density at radius 1 is 1.15 bits per heavy atom. The first-order valence-corrected chi connectivity index (χ1v) is 11.9. The van der Waals surface area contributed by atoms with Crippen LogP contribution in [0.5, 0.6) is 17.2 Å². The third-order valence-electron chi connectivity index (χ3n) is 7.19. The van der Waals surface area contributed by atoms with Crippen LogP contribution in [0.15, 0.2) is 34.7 Å². The predicted octanol–water partition coefficient (Wildman–Crippen LogP) is 4.86. The number of amides is 1. The number of ether oxygens (including phenoxy) is 3. The largest absolute Gasteiger partial charge is 0.493 e. The van der Waals surface area contributed by atoms with Crippen molar-refractivity contribution in [3.8, 4) is 17.2 Å². The Labute approximate surface area is 199 Å². The van der Waals surface area contributed by atoms with E-state index in [0.29, 0.717) is 42.2 Å². The summed E-state index contributed by atoms with van der Waals surface area (Å²) in [6.07, 6.45) is 4.78. The van der Waals surface area contributed by atoms with E-state index in [2.05, 4.69) is 5.32 Å². The number of aliphatic hydroxyl groups excluding tert-OH is 1. The molecule has 2 N–H and O–H groups in total. The van der Waals surface area contributed by atoms with Crippen LogP contribution in [0.2, 0.25) is 0 Å². The average Bonchev–Trinajstić information content (AvgIpc) is 3.42. The smallest absolute Gasteiger partial charge is 0.287 e. The van der Waals surface area contributed by atoms with Crippen LogP contribution in [0, 0.1) is 6.92 Å². The van der Waals surface area contributed by atoms with Gasteiger partial charge in [0, 0.05) is 29.5 Å². The maximum absolute atomic E-state index is 13.0. The normalized spacial score (nSPS) is 18.5. The van der Waals surface area contributed by atoms with Crippen LogP contribution >= 0.6 is 0 Å². The van der Waals surface area contributed by atoms with E-state index in [1.165, 1.54) is 0 Å². The Morgan fingerprint density at radius 2 is 1.91 bits per heavy atom. The molecule has 0 radical (unpaired) electrons. The summed E-state index contributed by atoms with van der Waals surface area (Å²) >= 11 is 0. The standard InChI is InChI=1S/C27H31NO6/c1-16-23-20(8-9-21-24(23)18(29)15-27(34-21)11-4-5-12-27)33-25(16)26(30)28-13-10-17-6-7-19(31-2)22(14-17)32-3/h6-9,14,18,29H,4-5,10-13,15H2,1-3H3,(H,28,30)/t18-/m1/s1. The average molecular weight is 466 g/mol. The third-order valence-corrected chi connectivity index (χ3v) is 7.19. The lowest BCUT2D eigenvalue weighted by Gasteiger charge is -2.38. The number of furan rings is 1. The lowest BCUT2D eigenvalue weighted by Crippen LogP contribution is -2.38. The van der Waals surface area contributed by atoms with Gasteiger partial charge >= 0.3 is 0 Å². The van der Waals surface area contributed by atoms with Crippen LogP contribution in [0.25, 0.3) is 11.0 Å². The second kappa shape index (κ2) is 8.87. The van der Waals surface area contributed by atoms with Crippen molar-refractivity contribution in [3.63, 3.8) is 0 Å². The quantitative estimate of drug-likeness (QED) is 0.540. The molecule has 2 aliphatic rings. The van der Waals surface area contributed by atoms with E-state index in [4.69, 9.17) is 18.6 Å². The molecule has 0 bridgehead atoms. The molecule has 3 aromatic rings. The van der Waals surface area contributed by atoms with Gasteiger partial charge in [0.1, 0.15) is 16.9 Å². The van der Waals surface area contributed by atoms with Gasteiger partial charge in [-0.3, -0.25) is 4.79 Å². The molecule has 1 atom stereocenters. The molecule has 1 amide bonds. The number of nitrogens with one attached hydrogen (secondary N) is 1. The Bertz CT molecular complexity index is 1220. The van der Waals surface area contributed by atoms with Crippen LogP contribution < -0.4 is 19.5 Å². The van der Waals surface area contributed by atoms with Crippen molar-refractivity contribution in [3.05, 3.63) is 52.8 Å². The first kappa shape index (κ1) is 22.6. The number of carbonyl (C=O) groups is 1. The van der Waals surface area contributed by atoms with Gasteiger partial charge in [0.15, 0.2) is 17.3 Å². The van der Waals surface area contributed by atoms with E-state index in [-0.39, 0.29) is 17.3 Å². The molecule has 34 heavy (non-hydrogen) atoms. The summed E-state index contributed by atoms with van der Waals surface area (Å²) in [5.41, 5.74) is 2.81. The van der Waals surface area contributed by atoms with Gasteiger partial charge < -0.3 is 29.1 Å². The first-order valence-electron chi connectivity index (χ1n) is 11.9. The molecule has 1 aromatic heterocycles. The zero-order valence-corrected chi connectivity index (χ0v) is 19.9. The Balaban J connectivity index is 1.34. The maximum atomic E-state index is 13.0. The van der Waals surface area contributed by atoms with Gasteiger partial charge in [0.25, 0.3) is 5.91 Å². The minimum absolute atomic E-state index is 0.262. The summed E-state index contributed by atoms with van der Waals surface area (Å²) in [6, 6.07) is 9.41. The van der Waals surface area contributed by atoms with Gasteiger partial charge in [-0.1, -0.05) is 6.07 Å². The fourth-order valence-electron chi connectivity index (χ4n) is 5.48. The van der Waals surface area contributed by atoms with E-state index in [1.54, 1.807) is 14.2 Å². The molecule has 0 saturated heterocycles. The summed E-state index contributed by atoms with van der Waals surface area (Å²) in [6.45, 7) is 2.30. The molecule has 2 heterocycles. The van der Waals surface area contributed by atoms with Crippen molar-refractivity contribution in [2.45, 2.75) is 57.2 Å². The first-order chi connectivity index (χ1) is 16.4. The molecule has 7 heteroatoms. The fraction of sp³-hybridized carbons (Fsp3) is 0.444. The van der Waals surface area contributed by atoms with Gasteiger partial charge in [0.05, 0.1) is 20.3 Å². The maximum Gasteiger partial charge on any atom is 0.287 e. The lowest BCUT2D eigenvalue weighted by molar-refractivity contribution is -0.00845. The third kappa shape index (κ3) is 3.88. The second-order valence-corrected chi connectivity index (χ2v) is 9.31. The van der Waals surface area contributed by atoms with Crippen molar-refractivity contribution in [1.82, 2.24) is 5.32 Å². The number of hydrogen-bond donors (Lipinski definition) is 2. The minimum Gasteiger partial charge on any atom is -0.493 e. The number of fused-ring (bicyclic) bond motifs is 3. The van der Waals surface area contributed by atoms with E-state index in [0.717, 1.165) is 47.8 Å². The summed E-state index contributed by atoms with van der Waals surface area (Å²) < 4.78 is 23.0. The van der Waals surface area contributed by atoms with E-state index in [9.17, 15) is 9.90 Å². The highest BCUT2D eigenvalue weighted by atomic mass is 16.5. The number of aryl methyl sites for hydroxylation is 1. The zero-order valence-electron chi connectivity index (χ0n) is 19.9. The molecule has 0 unspecified atom stereocenters. The summed E-state index contributed by atoms with van der Waals surface area (Å²) in [5, 5.41) is 14.8. The van der Waals surface area contributed by atoms with Crippen LogP contribution in [0.4, 0.5) is 0 Å². The SMILES string of the molecule is COc1ccc(CCNC(=O)c2oc3ccc4c(c3c2C)[C@H](O)CC2(CCCC2)O4)cc1OC. The number of methoxy groups -OCH3 is 2. The van der Waals surface area contributed by atoms with E-state index in [1.807, 2.05) is 37.3 Å². The number of aliphatic hydroxyl groups is 1. The van der Waals surface area contributed by atoms with E-state index < -0.39 is 6.10 Å². The molecule has 1 spiro atoms. The minimum atomic E-state index is -0.636. The van der Waals surface area contributed by atoms with Crippen molar-refractivity contribution in [2.24, 2.45) is 0 Å². The van der Waals surface area contributed by atoms with E-state index >= 15 is 0 Å². The van der Waals surface area contributed by atoms with Crippen LogP contribution in [-0.4, -0.2) is 37.4 Å². The fourth-order valence-corrected chi connectivity index (χ4v) is 5.48. The van der Waals surface area contributed by atoms with Crippen LogP contribution in [0.3, 0.4) is 0 Å². The number of hydrogen-bond acceptors (Lipinski definition) is 6. The molecular weight excluding hydrogens is 434 g/mol. The Morgan fingerprint density at radius 3 is 2.65 bits per heavy atom. The highest BCUT2D eigenvalue weighted by Crippen LogP contribution is 2.50. The molecule has 180 valence electrons. The highest BCUT2D eigenvalue weighted by molar-refractivity contribution is 6.00. The van der Waals surface area contributed by atoms with Gasteiger partial charge in [-0.2, -0.15) is 0 Å². The van der Waals surface area contributed by atoms with Crippen LogP contribution in [0.1, 0.15) is 65.5 Å². The number of benzene rings is 2. The molecule has 1 aliphatic carbocycles. The zero-order chi connectivity index (χ0) is 23.9. The summed E-state index contributed by atoms with van der Waals surface area (Å²) in [5.74, 6) is 2.02. The van der Waals surface area contributed by atoms with Crippen LogP contribution in [-0.2, 0) is 6.42 Å². The van der Waals surface area contributed by atoms with Gasteiger partial charge in [0.2, 0.25) is 0 Å². The second-order valence-electron chi connectivity index (χ2n) is 9.31. The van der Waals surface area contributed by atoms with Crippen molar-refractivity contribution in [2.75, 3.05) is 20.8 Å². The van der Waals surface area contributed by atoms with Crippen molar-refractivity contribution in [1.29, 1.82) is 0 Å². The van der Waals surface area contributed by atoms with Crippen molar-refractivity contribution >= 4 is 16.9 Å². The van der Waals surface area contributed by atoms with Gasteiger partial charge in [-0.25, -0.2) is 0 Å². The number of rotatable bonds is 6. The Hall–Kier alpha value is -3.19. The molecular formula is C27H31NO6. The van der Waals surface area contributed by atoms with Crippen molar-refractivity contribution < 1.29 is 28.5 Å². The number of carbonyl (C=O) groups excluding carboxylic acids is 1. The lowest BCUT2D eigenvalue weighted by atomic mass is 9.85. The molecule has 1 saturated carbocycles. The Kier molecular flexibility index (Phi) is 5.90. The van der Waals surface area contributed by atoms with Gasteiger partial charge in [-0.05, 0) is 68.9 Å². The molecule has 1 fully saturated rings. The summed E-state index contributed by atoms with van der Waals surface area (Å²) in [7, 11) is 3.20. The summed E-state index contributed by atoms with van der Waals surface area (Å²) in [4.78, 5) is 13.0. The monoisotopic (exact) mass is 465 g/mol. The highest BCUT2D eigenvalue weighted by Gasteiger charge is 2.43. The predicted molar refractivity (Wildman–Crippen MR) is 128 cm³/mol. The molecule has 2 aromatic carbocycles. The molecule has 1 aliphatic heterocycles. The topological polar surface area (TPSA) is 90.2 Å².